The third-order valence-electron chi connectivity index (χ3n) is 3.59. The summed E-state index contributed by atoms with van der Waals surface area (Å²) < 4.78 is 0. The van der Waals surface area contributed by atoms with Crippen molar-refractivity contribution >= 4 is 34.8 Å². The van der Waals surface area contributed by atoms with Gasteiger partial charge in [0.1, 0.15) is 5.69 Å². The molecule has 0 bridgehead atoms. The number of nitrogens with one attached hydrogen (secondary N) is 2. The minimum Gasteiger partial charge on any atom is -0.324 e. The third-order valence-corrected chi connectivity index (χ3v) is 3.82. The number of benzene rings is 2. The second-order valence-corrected chi connectivity index (χ2v) is 5.84. The van der Waals surface area contributed by atoms with Gasteiger partial charge in [-0.1, -0.05) is 36.7 Å². The van der Waals surface area contributed by atoms with Crippen molar-refractivity contribution in [2.45, 2.75) is 13.3 Å². The number of aromatic nitrogens is 2. The fourth-order valence-electron chi connectivity index (χ4n) is 2.26. The maximum absolute atomic E-state index is 12.4. The number of amides is 1. The molecule has 25 heavy (non-hydrogen) atoms. The van der Waals surface area contributed by atoms with Crippen molar-refractivity contribution < 1.29 is 4.79 Å². The first-order valence-corrected chi connectivity index (χ1v) is 8.28. The van der Waals surface area contributed by atoms with Crippen LogP contribution in [0.15, 0.2) is 60.8 Å². The van der Waals surface area contributed by atoms with Gasteiger partial charge in [0, 0.05) is 22.6 Å². The highest BCUT2D eigenvalue weighted by atomic mass is 35.5. The predicted molar refractivity (Wildman–Crippen MR) is 101 cm³/mol. The molecule has 0 saturated heterocycles. The number of hydrogen-bond donors (Lipinski definition) is 2. The smallest absolute Gasteiger partial charge is 0.274 e. The van der Waals surface area contributed by atoms with E-state index in [2.05, 4.69) is 27.5 Å². The number of rotatable bonds is 5. The van der Waals surface area contributed by atoms with Crippen LogP contribution in [-0.4, -0.2) is 15.9 Å². The Kier molecular flexibility index (Phi) is 5.26. The van der Waals surface area contributed by atoms with E-state index in [1.54, 1.807) is 18.2 Å². The average molecular weight is 353 g/mol. The summed E-state index contributed by atoms with van der Waals surface area (Å²) in [6.45, 7) is 2.09. The van der Waals surface area contributed by atoms with Crippen molar-refractivity contribution in [2.24, 2.45) is 0 Å². The Morgan fingerprint density at radius 2 is 1.88 bits per heavy atom. The van der Waals surface area contributed by atoms with Crippen molar-refractivity contribution in [1.29, 1.82) is 0 Å². The van der Waals surface area contributed by atoms with Crippen LogP contribution in [0.4, 0.5) is 17.3 Å². The molecule has 1 amide bonds. The zero-order valence-corrected chi connectivity index (χ0v) is 14.4. The summed E-state index contributed by atoms with van der Waals surface area (Å²) in [5, 5.41) is 6.47. The molecule has 6 heteroatoms. The second kappa shape index (κ2) is 7.77. The highest BCUT2D eigenvalue weighted by Gasteiger charge is 2.09. The molecule has 2 aromatic carbocycles. The van der Waals surface area contributed by atoms with E-state index in [1.165, 1.54) is 11.8 Å². The van der Waals surface area contributed by atoms with E-state index in [-0.39, 0.29) is 11.6 Å². The minimum atomic E-state index is -0.291. The zero-order valence-electron chi connectivity index (χ0n) is 13.7. The number of nitrogens with zero attached hydrogens (tertiary/aromatic N) is 2. The molecule has 0 unspecified atom stereocenters. The zero-order chi connectivity index (χ0) is 17.6. The van der Waals surface area contributed by atoms with Crippen LogP contribution in [0, 0.1) is 0 Å². The normalized spacial score (nSPS) is 10.3. The fraction of sp³-hybridized carbons (Fsp3) is 0.105. The molecule has 0 saturated carbocycles. The van der Waals surface area contributed by atoms with E-state index >= 15 is 0 Å². The van der Waals surface area contributed by atoms with Gasteiger partial charge in [0.05, 0.1) is 0 Å². The van der Waals surface area contributed by atoms with Gasteiger partial charge < -0.3 is 10.6 Å². The van der Waals surface area contributed by atoms with Crippen molar-refractivity contribution in [3.8, 4) is 0 Å². The van der Waals surface area contributed by atoms with E-state index in [9.17, 15) is 4.79 Å². The van der Waals surface area contributed by atoms with Gasteiger partial charge in [-0.25, -0.2) is 9.97 Å². The predicted octanol–water partition coefficient (Wildman–Crippen LogP) is 4.69. The summed E-state index contributed by atoms with van der Waals surface area (Å²) in [6, 6.07) is 16.5. The van der Waals surface area contributed by atoms with Gasteiger partial charge in [-0.3, -0.25) is 4.79 Å². The Balaban J connectivity index is 1.72. The Bertz CT molecular complexity index is 881. The molecule has 1 heterocycles. The van der Waals surface area contributed by atoms with Gasteiger partial charge in [0.2, 0.25) is 5.95 Å². The largest absolute Gasteiger partial charge is 0.324 e. The van der Waals surface area contributed by atoms with E-state index < -0.39 is 0 Å². The molecule has 0 radical (unpaired) electrons. The van der Waals surface area contributed by atoms with Crippen LogP contribution in [0.5, 0.6) is 0 Å². The summed E-state index contributed by atoms with van der Waals surface area (Å²) in [5.74, 6) is 0.0389. The number of halogens is 1. The number of carbonyl (C=O) groups excluding carboxylic acids is 1. The second-order valence-electron chi connectivity index (χ2n) is 5.41. The molecule has 2 N–H and O–H groups in total. The standard InChI is InChI=1S/C19H17ClN4O/c1-2-13-6-8-15(9-7-13)22-18(25)17-10-11-21-19(24-17)23-16-5-3-4-14(20)12-16/h3-12H,2H2,1H3,(H,22,25)(H,21,23,24). The van der Waals surface area contributed by atoms with Crippen LogP contribution >= 0.6 is 11.6 Å². The van der Waals surface area contributed by atoms with E-state index in [0.717, 1.165) is 17.8 Å². The van der Waals surface area contributed by atoms with E-state index in [0.29, 0.717) is 11.0 Å². The van der Waals surface area contributed by atoms with Crippen LogP contribution in [0.2, 0.25) is 5.02 Å². The Labute approximate surface area is 151 Å². The molecule has 0 fully saturated rings. The maximum atomic E-state index is 12.4. The Morgan fingerprint density at radius 3 is 2.60 bits per heavy atom. The maximum Gasteiger partial charge on any atom is 0.274 e. The quantitative estimate of drug-likeness (QED) is 0.699. The summed E-state index contributed by atoms with van der Waals surface area (Å²) >= 11 is 5.96. The molecule has 3 aromatic rings. The molecule has 5 nitrogen and oxygen atoms in total. The number of carbonyl (C=O) groups is 1. The van der Waals surface area contributed by atoms with Crippen LogP contribution in [-0.2, 0) is 6.42 Å². The molecule has 0 aliphatic rings. The van der Waals surface area contributed by atoms with Gasteiger partial charge in [-0.05, 0) is 48.4 Å². The van der Waals surface area contributed by atoms with Crippen LogP contribution in [0.3, 0.4) is 0 Å². The topological polar surface area (TPSA) is 66.9 Å². The molecule has 0 spiro atoms. The van der Waals surface area contributed by atoms with Crippen molar-refractivity contribution in [1.82, 2.24) is 9.97 Å². The van der Waals surface area contributed by atoms with Crippen molar-refractivity contribution in [3.05, 3.63) is 77.1 Å². The van der Waals surface area contributed by atoms with Crippen molar-refractivity contribution in [3.63, 3.8) is 0 Å². The highest BCUT2D eigenvalue weighted by molar-refractivity contribution is 6.30. The lowest BCUT2D eigenvalue weighted by atomic mass is 10.1. The lowest BCUT2D eigenvalue weighted by Gasteiger charge is -2.08. The monoisotopic (exact) mass is 352 g/mol. The highest BCUT2D eigenvalue weighted by Crippen LogP contribution is 2.18. The van der Waals surface area contributed by atoms with E-state index in [1.807, 2.05) is 36.4 Å². The number of hydrogen-bond acceptors (Lipinski definition) is 4. The summed E-state index contributed by atoms with van der Waals surface area (Å²) in [6.07, 6.45) is 2.49. The molecular weight excluding hydrogens is 336 g/mol. The Morgan fingerprint density at radius 1 is 1.08 bits per heavy atom. The van der Waals surface area contributed by atoms with Gasteiger partial charge >= 0.3 is 0 Å². The van der Waals surface area contributed by atoms with Gasteiger partial charge in [0.25, 0.3) is 5.91 Å². The van der Waals surface area contributed by atoms with Gasteiger partial charge in [-0.2, -0.15) is 0 Å². The molecule has 126 valence electrons. The SMILES string of the molecule is CCc1ccc(NC(=O)c2ccnc(Nc3cccc(Cl)c3)n2)cc1. The summed E-state index contributed by atoms with van der Waals surface area (Å²) in [7, 11) is 0. The molecule has 1 aromatic heterocycles. The first kappa shape index (κ1) is 16.9. The van der Waals surface area contributed by atoms with Gasteiger partial charge in [-0.15, -0.1) is 0 Å². The molecule has 0 atom stereocenters. The lowest BCUT2D eigenvalue weighted by molar-refractivity contribution is 0.102. The first-order chi connectivity index (χ1) is 12.1. The third kappa shape index (κ3) is 4.55. The number of aryl methyl sites for hydroxylation is 1. The molecule has 0 aliphatic carbocycles. The summed E-state index contributed by atoms with van der Waals surface area (Å²) in [5.41, 5.74) is 2.97. The minimum absolute atomic E-state index is 0.277. The van der Waals surface area contributed by atoms with Crippen molar-refractivity contribution in [2.75, 3.05) is 10.6 Å². The number of anilines is 3. The lowest BCUT2D eigenvalue weighted by Crippen LogP contribution is -2.14. The van der Waals surface area contributed by atoms with Crippen LogP contribution in [0.25, 0.3) is 0 Å². The molecular formula is C19H17ClN4O. The van der Waals surface area contributed by atoms with E-state index in [4.69, 9.17) is 11.6 Å². The van der Waals surface area contributed by atoms with Crippen LogP contribution < -0.4 is 10.6 Å². The Hall–Kier alpha value is -2.92. The van der Waals surface area contributed by atoms with Crippen LogP contribution in [0.1, 0.15) is 23.0 Å². The fourth-order valence-corrected chi connectivity index (χ4v) is 2.45. The first-order valence-electron chi connectivity index (χ1n) is 7.90. The average Bonchev–Trinajstić information content (AvgIpc) is 2.62. The van der Waals surface area contributed by atoms with Gasteiger partial charge in [0.15, 0.2) is 0 Å². The molecule has 3 rings (SSSR count). The summed E-state index contributed by atoms with van der Waals surface area (Å²) in [4.78, 5) is 20.8. The molecule has 0 aliphatic heterocycles.